The quantitative estimate of drug-likeness (QED) is 0.243. The number of hydrogen-bond acceptors (Lipinski definition) is 7. The van der Waals surface area contributed by atoms with Crippen molar-refractivity contribution < 1.29 is 28.7 Å². The van der Waals surface area contributed by atoms with Gasteiger partial charge in [-0.1, -0.05) is 12.1 Å². The van der Waals surface area contributed by atoms with Gasteiger partial charge >= 0.3 is 5.97 Å². The van der Waals surface area contributed by atoms with E-state index in [2.05, 4.69) is 4.74 Å². The first-order valence-corrected chi connectivity index (χ1v) is 9.57. The third kappa shape index (κ3) is 4.34. The fourth-order valence-electron chi connectivity index (χ4n) is 3.12. The van der Waals surface area contributed by atoms with Crippen LogP contribution in [0.2, 0.25) is 0 Å². The summed E-state index contributed by atoms with van der Waals surface area (Å²) in [5.41, 5.74) is 2.30. The Morgan fingerprint density at radius 1 is 1.06 bits per heavy atom. The summed E-state index contributed by atoms with van der Waals surface area (Å²) < 4.78 is 16.1. The molecule has 3 aromatic carbocycles. The fourth-order valence-corrected chi connectivity index (χ4v) is 3.12. The molecule has 0 spiro atoms. The van der Waals surface area contributed by atoms with Gasteiger partial charge in [-0.3, -0.25) is 14.9 Å². The Labute approximate surface area is 182 Å². The molecule has 1 aliphatic heterocycles. The van der Waals surface area contributed by atoms with Crippen LogP contribution in [0.1, 0.15) is 31.8 Å². The molecule has 1 heterocycles. The molecule has 8 nitrogen and oxygen atoms in total. The largest absolute Gasteiger partial charge is 0.489 e. The van der Waals surface area contributed by atoms with Gasteiger partial charge in [0.05, 0.1) is 23.2 Å². The Morgan fingerprint density at radius 3 is 2.44 bits per heavy atom. The van der Waals surface area contributed by atoms with Crippen molar-refractivity contribution in [2.45, 2.75) is 6.61 Å². The lowest BCUT2D eigenvalue weighted by Gasteiger charge is -2.08. The molecule has 3 aromatic rings. The first-order chi connectivity index (χ1) is 15.4. The molecule has 32 heavy (non-hydrogen) atoms. The average Bonchev–Trinajstić information content (AvgIpc) is 3.12. The number of Topliss-reactive ketones (excluding diaryl/α,β-unsaturated/α-hetero) is 1. The summed E-state index contributed by atoms with van der Waals surface area (Å²) in [6.45, 7) is 0.264. The highest BCUT2D eigenvalue weighted by molar-refractivity contribution is 6.14. The van der Waals surface area contributed by atoms with Crippen molar-refractivity contribution in [3.05, 3.63) is 105 Å². The molecule has 160 valence electrons. The van der Waals surface area contributed by atoms with Gasteiger partial charge in [0.1, 0.15) is 18.1 Å². The molecule has 1 aliphatic rings. The summed E-state index contributed by atoms with van der Waals surface area (Å²) in [5, 5.41) is 10.8. The van der Waals surface area contributed by atoms with E-state index in [9.17, 15) is 19.7 Å². The van der Waals surface area contributed by atoms with Crippen molar-refractivity contribution in [2.24, 2.45) is 0 Å². The van der Waals surface area contributed by atoms with E-state index in [4.69, 9.17) is 9.47 Å². The molecule has 0 atom stereocenters. The molecule has 0 aliphatic carbocycles. The van der Waals surface area contributed by atoms with Crippen LogP contribution in [0.3, 0.4) is 0 Å². The van der Waals surface area contributed by atoms with Crippen molar-refractivity contribution in [3.8, 4) is 11.5 Å². The molecule has 0 bridgehead atoms. The predicted octanol–water partition coefficient (Wildman–Crippen LogP) is 4.58. The van der Waals surface area contributed by atoms with E-state index < -0.39 is 10.9 Å². The van der Waals surface area contributed by atoms with Crippen LogP contribution in [0.4, 0.5) is 5.69 Å². The smallest absolute Gasteiger partial charge is 0.337 e. The maximum Gasteiger partial charge on any atom is 0.337 e. The lowest BCUT2D eigenvalue weighted by molar-refractivity contribution is -0.384. The maximum atomic E-state index is 12.6. The van der Waals surface area contributed by atoms with E-state index in [-0.39, 0.29) is 23.8 Å². The SMILES string of the molecule is COC(=O)c1ccc(COc2ccc3c(c2)OC(=Cc2ccc([N+](=O)[O-])cc2)C3=O)cc1. The molecule has 0 saturated carbocycles. The molecule has 0 N–H and O–H groups in total. The molecule has 4 rings (SSSR count). The highest BCUT2D eigenvalue weighted by Gasteiger charge is 2.27. The summed E-state index contributed by atoms with van der Waals surface area (Å²) in [6.07, 6.45) is 1.54. The van der Waals surface area contributed by atoms with E-state index >= 15 is 0 Å². The Kier molecular flexibility index (Phi) is 5.67. The Hall–Kier alpha value is -4.46. The number of ketones is 1. The van der Waals surface area contributed by atoms with Gasteiger partial charge in [-0.05, 0) is 53.6 Å². The molecule has 0 unspecified atom stereocenters. The fraction of sp³-hybridized carbons (Fsp3) is 0.0833. The molecule has 0 radical (unpaired) electrons. The van der Waals surface area contributed by atoms with Gasteiger partial charge in [-0.2, -0.15) is 0 Å². The lowest BCUT2D eigenvalue weighted by Crippen LogP contribution is -2.02. The highest BCUT2D eigenvalue weighted by atomic mass is 16.6. The van der Waals surface area contributed by atoms with Gasteiger partial charge in [0.15, 0.2) is 5.76 Å². The first kappa shape index (κ1) is 20.8. The van der Waals surface area contributed by atoms with E-state index in [1.54, 1.807) is 54.6 Å². The second kappa shape index (κ2) is 8.73. The zero-order chi connectivity index (χ0) is 22.7. The van der Waals surface area contributed by atoms with Crippen LogP contribution >= 0.6 is 0 Å². The number of esters is 1. The van der Waals surface area contributed by atoms with E-state index in [1.807, 2.05) is 0 Å². The predicted molar refractivity (Wildman–Crippen MR) is 115 cm³/mol. The zero-order valence-electron chi connectivity index (χ0n) is 16.9. The highest BCUT2D eigenvalue weighted by Crippen LogP contribution is 2.35. The minimum atomic E-state index is -0.487. The minimum Gasteiger partial charge on any atom is -0.489 e. The summed E-state index contributed by atoms with van der Waals surface area (Å²) >= 11 is 0. The number of benzene rings is 3. The standard InChI is InChI=1S/C24H17NO7/c1-30-24(27)17-6-2-16(3-7-17)14-31-19-10-11-20-21(13-19)32-22(23(20)26)12-15-4-8-18(9-5-15)25(28)29/h2-13H,14H2,1H3. The number of allylic oxidation sites excluding steroid dienone is 1. The van der Waals surface area contributed by atoms with Gasteiger partial charge in [0.25, 0.3) is 5.69 Å². The van der Waals surface area contributed by atoms with Crippen LogP contribution in [0, 0.1) is 10.1 Å². The van der Waals surface area contributed by atoms with Crippen LogP contribution in [0.5, 0.6) is 11.5 Å². The Morgan fingerprint density at radius 2 is 1.78 bits per heavy atom. The third-order valence-corrected chi connectivity index (χ3v) is 4.82. The van der Waals surface area contributed by atoms with Gasteiger partial charge in [0, 0.05) is 18.2 Å². The normalized spacial score (nSPS) is 13.4. The molecule has 8 heteroatoms. The number of methoxy groups -OCH3 is 1. The van der Waals surface area contributed by atoms with Gasteiger partial charge in [-0.15, -0.1) is 0 Å². The molecule has 0 aromatic heterocycles. The van der Waals surface area contributed by atoms with Crippen LogP contribution in [0.25, 0.3) is 6.08 Å². The first-order valence-electron chi connectivity index (χ1n) is 9.57. The van der Waals surface area contributed by atoms with Crippen molar-refractivity contribution >= 4 is 23.5 Å². The molecular formula is C24H17NO7. The van der Waals surface area contributed by atoms with Gasteiger partial charge in [0.2, 0.25) is 5.78 Å². The molecule has 0 saturated heterocycles. The minimum absolute atomic E-state index is 0.0316. The van der Waals surface area contributed by atoms with E-state index in [0.29, 0.717) is 28.2 Å². The maximum absolute atomic E-state index is 12.6. The number of ether oxygens (including phenoxy) is 3. The van der Waals surface area contributed by atoms with Crippen molar-refractivity contribution in [1.29, 1.82) is 0 Å². The number of non-ortho nitro benzene ring substituents is 1. The number of hydrogen-bond donors (Lipinski definition) is 0. The average molecular weight is 431 g/mol. The summed E-state index contributed by atoms with van der Waals surface area (Å²) in [5.74, 6) is 0.343. The van der Waals surface area contributed by atoms with Crippen LogP contribution in [-0.2, 0) is 11.3 Å². The van der Waals surface area contributed by atoms with E-state index in [1.165, 1.54) is 25.3 Å². The topological polar surface area (TPSA) is 105 Å². The summed E-state index contributed by atoms with van der Waals surface area (Å²) in [7, 11) is 1.33. The summed E-state index contributed by atoms with van der Waals surface area (Å²) in [4.78, 5) is 34.4. The van der Waals surface area contributed by atoms with Crippen LogP contribution in [0.15, 0.2) is 72.5 Å². The second-order valence-electron chi connectivity index (χ2n) is 6.92. The molecule has 0 fully saturated rings. The van der Waals surface area contributed by atoms with E-state index in [0.717, 1.165) is 5.56 Å². The Bertz CT molecular complexity index is 1230. The van der Waals surface area contributed by atoms with Crippen molar-refractivity contribution in [1.82, 2.24) is 0 Å². The van der Waals surface area contributed by atoms with Crippen LogP contribution < -0.4 is 9.47 Å². The van der Waals surface area contributed by atoms with Gasteiger partial charge < -0.3 is 14.2 Å². The lowest BCUT2D eigenvalue weighted by atomic mass is 10.1. The number of carbonyl (C=O) groups excluding carboxylic acids is 2. The number of rotatable bonds is 6. The van der Waals surface area contributed by atoms with Gasteiger partial charge in [-0.25, -0.2) is 4.79 Å². The van der Waals surface area contributed by atoms with Crippen LogP contribution in [-0.4, -0.2) is 23.8 Å². The van der Waals surface area contributed by atoms with Crippen molar-refractivity contribution in [2.75, 3.05) is 7.11 Å². The monoisotopic (exact) mass is 431 g/mol. The number of nitro groups is 1. The second-order valence-corrected chi connectivity index (χ2v) is 6.92. The Balaban J connectivity index is 1.44. The third-order valence-electron chi connectivity index (χ3n) is 4.82. The zero-order valence-corrected chi connectivity index (χ0v) is 16.9. The number of nitrogens with zero attached hydrogens (tertiary/aromatic N) is 1. The molecule has 0 amide bonds. The number of carbonyl (C=O) groups is 2. The number of nitro benzene ring substituents is 1. The van der Waals surface area contributed by atoms with Crippen molar-refractivity contribution in [3.63, 3.8) is 0 Å². The summed E-state index contributed by atoms with van der Waals surface area (Å²) in [6, 6.07) is 17.6. The number of fused-ring (bicyclic) bond motifs is 1. The molecular weight excluding hydrogens is 414 g/mol.